The van der Waals surface area contributed by atoms with Gasteiger partial charge in [-0.25, -0.2) is 28.7 Å². The van der Waals surface area contributed by atoms with E-state index in [0.717, 1.165) is 0 Å². The lowest BCUT2D eigenvalue weighted by Crippen LogP contribution is -2.41. The second kappa shape index (κ2) is 9.41. The highest BCUT2D eigenvalue weighted by molar-refractivity contribution is 5.98. The number of methoxy groups -OCH3 is 1. The van der Waals surface area contributed by atoms with Crippen LogP contribution in [0.5, 0.6) is 5.88 Å². The number of carbonyl (C=O) groups excluding carboxylic acids is 1. The molecule has 9 nitrogen and oxygen atoms in total. The lowest BCUT2D eigenvalue weighted by Gasteiger charge is -2.38. The van der Waals surface area contributed by atoms with Gasteiger partial charge >= 0.3 is 0 Å². The van der Waals surface area contributed by atoms with Crippen LogP contribution in [-0.4, -0.2) is 37.9 Å². The fourth-order valence-electron chi connectivity index (χ4n) is 4.63. The maximum absolute atomic E-state index is 14.7. The van der Waals surface area contributed by atoms with Crippen molar-refractivity contribution in [3.8, 4) is 17.1 Å². The molecule has 1 aliphatic rings. The summed E-state index contributed by atoms with van der Waals surface area (Å²) >= 11 is 0. The van der Waals surface area contributed by atoms with Gasteiger partial charge in [0.15, 0.2) is 5.82 Å². The van der Waals surface area contributed by atoms with Crippen LogP contribution in [0.2, 0.25) is 0 Å². The number of rotatable bonds is 5. The van der Waals surface area contributed by atoms with Crippen LogP contribution < -0.4 is 16.2 Å². The summed E-state index contributed by atoms with van der Waals surface area (Å²) in [4.78, 5) is 32.4. The fraction of sp³-hybridized carbons (Fsp3) is 0.192. The molecule has 0 unspecified atom stereocenters. The first-order valence-electron chi connectivity index (χ1n) is 11.4. The molecule has 1 amide bonds. The summed E-state index contributed by atoms with van der Waals surface area (Å²) < 4.78 is 34.4. The molecule has 5 rings (SSSR count). The molecule has 37 heavy (non-hydrogen) atoms. The number of aryl methyl sites for hydroxylation is 1. The maximum Gasteiger partial charge on any atom is 0.258 e. The van der Waals surface area contributed by atoms with Crippen LogP contribution in [-0.2, 0) is 13.0 Å². The van der Waals surface area contributed by atoms with Gasteiger partial charge in [0.25, 0.3) is 11.8 Å². The number of benzene rings is 2. The van der Waals surface area contributed by atoms with E-state index in [9.17, 15) is 13.6 Å². The number of anilines is 2. The predicted molar refractivity (Wildman–Crippen MR) is 132 cm³/mol. The van der Waals surface area contributed by atoms with E-state index < -0.39 is 17.7 Å². The van der Waals surface area contributed by atoms with Gasteiger partial charge in [-0.3, -0.25) is 4.79 Å². The Labute approximate surface area is 211 Å². The van der Waals surface area contributed by atoms with Crippen LogP contribution in [0.4, 0.5) is 20.5 Å². The number of halogens is 2. The summed E-state index contributed by atoms with van der Waals surface area (Å²) in [5.74, 6) is -1.14. The third-order valence-electron chi connectivity index (χ3n) is 6.33. The van der Waals surface area contributed by atoms with Gasteiger partial charge in [-0.1, -0.05) is 24.3 Å². The Morgan fingerprint density at radius 3 is 2.65 bits per heavy atom. The van der Waals surface area contributed by atoms with Gasteiger partial charge in [-0.05, 0) is 30.7 Å². The van der Waals surface area contributed by atoms with Crippen LogP contribution in [0.15, 0.2) is 48.7 Å². The van der Waals surface area contributed by atoms with Crippen molar-refractivity contribution in [2.75, 3.05) is 18.6 Å². The normalized spacial score (nSPS) is 15.0. The number of amides is 1. The van der Waals surface area contributed by atoms with E-state index in [1.807, 2.05) is 0 Å². The molecular formula is C26H23F2N7O2. The van der Waals surface area contributed by atoms with Gasteiger partial charge in [0.05, 0.1) is 42.0 Å². The number of aromatic nitrogens is 4. The third-order valence-corrected chi connectivity index (χ3v) is 6.33. The highest BCUT2D eigenvalue weighted by Gasteiger charge is 2.37. The number of carbonyl (C=O) groups is 1. The average Bonchev–Trinajstić information content (AvgIpc) is 2.86. The average molecular weight is 504 g/mol. The number of fused-ring (bicyclic) bond motifs is 1. The van der Waals surface area contributed by atoms with E-state index in [1.54, 1.807) is 31.2 Å². The van der Waals surface area contributed by atoms with Gasteiger partial charge in [0.2, 0.25) is 5.95 Å². The molecule has 1 aliphatic heterocycles. The number of nitrogen functional groups attached to an aromatic ring is 2. The van der Waals surface area contributed by atoms with E-state index in [4.69, 9.17) is 16.2 Å². The molecule has 1 atom stereocenters. The summed E-state index contributed by atoms with van der Waals surface area (Å²) in [6.07, 6.45) is 1.64. The van der Waals surface area contributed by atoms with Crippen LogP contribution in [0.3, 0.4) is 0 Å². The first-order valence-corrected chi connectivity index (χ1v) is 11.4. The standard InChI is InChI=1S/C26H23F2N7O2/c1-13-22-19(34-26(30)32-13)10-21(35(25(22)36)12-14-5-3-4-6-18(14)28)16-8-7-15(27)9-17(16)20-11-31-23(29)24(33-20)37-2/h3-9,11,21H,10,12H2,1-2H3,(H2,29,31)(H2,30,32,34)/t21-/m1/s1. The van der Waals surface area contributed by atoms with Crippen molar-refractivity contribution in [2.45, 2.75) is 25.9 Å². The van der Waals surface area contributed by atoms with Crippen molar-refractivity contribution >= 4 is 17.7 Å². The molecular weight excluding hydrogens is 480 g/mol. The molecule has 0 saturated heterocycles. The van der Waals surface area contributed by atoms with Gasteiger partial charge in [-0.15, -0.1) is 0 Å². The largest absolute Gasteiger partial charge is 0.478 e. The highest BCUT2D eigenvalue weighted by atomic mass is 19.1. The number of hydrogen-bond donors (Lipinski definition) is 2. The lowest BCUT2D eigenvalue weighted by molar-refractivity contribution is 0.0622. The minimum atomic E-state index is -0.658. The second-order valence-electron chi connectivity index (χ2n) is 8.61. The minimum absolute atomic E-state index is 0.0347. The molecule has 2 aromatic carbocycles. The molecule has 0 spiro atoms. The topological polar surface area (TPSA) is 133 Å². The summed E-state index contributed by atoms with van der Waals surface area (Å²) in [6.45, 7) is 1.64. The summed E-state index contributed by atoms with van der Waals surface area (Å²) in [5.41, 5.74) is 14.5. The molecule has 0 fully saturated rings. The number of nitrogens with zero attached hydrogens (tertiary/aromatic N) is 5. The van der Waals surface area contributed by atoms with Crippen LogP contribution in [0.25, 0.3) is 11.3 Å². The van der Waals surface area contributed by atoms with Crippen molar-refractivity contribution in [1.29, 1.82) is 0 Å². The smallest absolute Gasteiger partial charge is 0.258 e. The highest BCUT2D eigenvalue weighted by Crippen LogP contribution is 2.39. The first kappa shape index (κ1) is 24.0. The fourth-order valence-corrected chi connectivity index (χ4v) is 4.63. The Morgan fingerprint density at radius 1 is 1.11 bits per heavy atom. The molecule has 0 bridgehead atoms. The maximum atomic E-state index is 14.7. The molecule has 11 heteroatoms. The zero-order chi connectivity index (χ0) is 26.3. The Morgan fingerprint density at radius 2 is 1.89 bits per heavy atom. The molecule has 188 valence electrons. The Kier molecular flexibility index (Phi) is 6.12. The van der Waals surface area contributed by atoms with Crippen molar-refractivity contribution in [2.24, 2.45) is 0 Å². The van der Waals surface area contributed by atoms with E-state index in [0.29, 0.717) is 39.3 Å². The predicted octanol–water partition coefficient (Wildman–Crippen LogP) is 3.63. The SMILES string of the molecule is COc1nc(-c2cc(F)ccc2[C@H]2Cc3nc(N)nc(C)c3C(=O)N2Cc2ccccc2F)cnc1N. The third kappa shape index (κ3) is 4.39. The molecule has 0 radical (unpaired) electrons. The number of ether oxygens (including phenoxy) is 1. The van der Waals surface area contributed by atoms with Crippen molar-refractivity contribution in [1.82, 2.24) is 24.8 Å². The van der Waals surface area contributed by atoms with E-state index in [1.165, 1.54) is 36.4 Å². The Hall–Kier alpha value is -4.67. The van der Waals surface area contributed by atoms with Crippen LogP contribution >= 0.6 is 0 Å². The van der Waals surface area contributed by atoms with Gasteiger partial charge < -0.3 is 21.1 Å². The van der Waals surface area contributed by atoms with E-state index in [2.05, 4.69) is 19.9 Å². The van der Waals surface area contributed by atoms with Gasteiger partial charge in [0.1, 0.15) is 11.6 Å². The second-order valence-corrected chi connectivity index (χ2v) is 8.61. The molecule has 2 aromatic heterocycles. The zero-order valence-electron chi connectivity index (χ0n) is 20.1. The molecule has 4 aromatic rings. The quantitative estimate of drug-likeness (QED) is 0.422. The summed E-state index contributed by atoms with van der Waals surface area (Å²) in [6, 6.07) is 9.74. The van der Waals surface area contributed by atoms with E-state index in [-0.39, 0.29) is 36.5 Å². The number of hydrogen-bond acceptors (Lipinski definition) is 8. The van der Waals surface area contributed by atoms with E-state index >= 15 is 0 Å². The molecule has 0 saturated carbocycles. The number of nitrogens with two attached hydrogens (primary N) is 2. The summed E-state index contributed by atoms with van der Waals surface area (Å²) in [7, 11) is 1.40. The Balaban J connectivity index is 1.70. The first-order chi connectivity index (χ1) is 17.8. The van der Waals surface area contributed by atoms with Gasteiger partial charge in [0, 0.05) is 24.1 Å². The Bertz CT molecular complexity index is 1530. The zero-order valence-corrected chi connectivity index (χ0v) is 20.1. The summed E-state index contributed by atoms with van der Waals surface area (Å²) in [5, 5.41) is 0. The lowest BCUT2D eigenvalue weighted by atomic mass is 9.88. The van der Waals surface area contributed by atoms with Gasteiger partial charge in [-0.2, -0.15) is 0 Å². The minimum Gasteiger partial charge on any atom is -0.478 e. The molecule has 0 aliphatic carbocycles. The van der Waals surface area contributed by atoms with Crippen molar-refractivity contribution in [3.63, 3.8) is 0 Å². The monoisotopic (exact) mass is 503 g/mol. The molecule has 3 heterocycles. The van der Waals surface area contributed by atoms with Crippen LogP contribution in [0, 0.1) is 18.6 Å². The van der Waals surface area contributed by atoms with Crippen molar-refractivity contribution in [3.05, 3.63) is 88.4 Å². The van der Waals surface area contributed by atoms with Crippen molar-refractivity contribution < 1.29 is 18.3 Å². The molecule has 4 N–H and O–H groups in total. The van der Waals surface area contributed by atoms with Crippen LogP contribution in [0.1, 0.15) is 38.9 Å².